The highest BCUT2D eigenvalue weighted by Gasteiger charge is 2.14. The van der Waals surface area contributed by atoms with Crippen LogP contribution in [-0.4, -0.2) is 35.8 Å². The molecule has 0 fully saturated rings. The molecule has 6 nitrogen and oxygen atoms in total. The number of nitrogens with two attached hydrogens (primary N) is 1. The molecule has 0 saturated heterocycles. The molecular formula is C11H17N3O3. The maximum atomic E-state index is 11.4. The molecular weight excluding hydrogens is 222 g/mol. The molecule has 1 unspecified atom stereocenters. The summed E-state index contributed by atoms with van der Waals surface area (Å²) in [4.78, 5) is 19.6. The zero-order chi connectivity index (χ0) is 12.8. The molecule has 0 spiro atoms. The average Bonchev–Trinajstić information content (AvgIpc) is 2.29. The van der Waals surface area contributed by atoms with E-state index in [1.807, 2.05) is 6.92 Å². The Kier molecular flexibility index (Phi) is 4.84. The SMILES string of the molecule is CCOC(=O)c1cnc(CC(C)OC)nc1N. The van der Waals surface area contributed by atoms with Gasteiger partial charge in [-0.05, 0) is 13.8 Å². The first-order chi connectivity index (χ1) is 8.08. The quantitative estimate of drug-likeness (QED) is 0.765. The van der Waals surface area contributed by atoms with Crippen molar-refractivity contribution in [1.29, 1.82) is 0 Å². The van der Waals surface area contributed by atoms with Gasteiger partial charge in [0, 0.05) is 19.7 Å². The van der Waals surface area contributed by atoms with E-state index in [2.05, 4.69) is 9.97 Å². The fourth-order valence-corrected chi connectivity index (χ4v) is 1.24. The van der Waals surface area contributed by atoms with Crippen molar-refractivity contribution in [2.45, 2.75) is 26.4 Å². The second-order valence-corrected chi connectivity index (χ2v) is 3.56. The van der Waals surface area contributed by atoms with Crippen LogP contribution in [0.15, 0.2) is 6.20 Å². The summed E-state index contributed by atoms with van der Waals surface area (Å²) in [5, 5.41) is 0. The lowest BCUT2D eigenvalue weighted by Gasteiger charge is -2.09. The van der Waals surface area contributed by atoms with Crippen molar-refractivity contribution in [3.05, 3.63) is 17.6 Å². The highest BCUT2D eigenvalue weighted by Crippen LogP contribution is 2.10. The van der Waals surface area contributed by atoms with Crippen LogP contribution in [0.3, 0.4) is 0 Å². The van der Waals surface area contributed by atoms with Crippen LogP contribution in [0.2, 0.25) is 0 Å². The molecule has 0 bridgehead atoms. The first kappa shape index (κ1) is 13.4. The van der Waals surface area contributed by atoms with Crippen molar-refractivity contribution in [3.8, 4) is 0 Å². The van der Waals surface area contributed by atoms with E-state index in [9.17, 15) is 4.79 Å². The second kappa shape index (κ2) is 6.15. The Morgan fingerprint density at radius 2 is 2.29 bits per heavy atom. The third-order valence-electron chi connectivity index (χ3n) is 2.24. The van der Waals surface area contributed by atoms with Gasteiger partial charge in [-0.3, -0.25) is 0 Å². The Bertz CT molecular complexity index is 396. The minimum Gasteiger partial charge on any atom is -0.462 e. The predicted molar refractivity (Wildman–Crippen MR) is 62.6 cm³/mol. The van der Waals surface area contributed by atoms with E-state index in [0.29, 0.717) is 18.9 Å². The molecule has 0 aromatic carbocycles. The van der Waals surface area contributed by atoms with Gasteiger partial charge in [0.15, 0.2) is 0 Å². The van der Waals surface area contributed by atoms with Gasteiger partial charge in [-0.2, -0.15) is 0 Å². The third kappa shape index (κ3) is 3.67. The van der Waals surface area contributed by atoms with Gasteiger partial charge in [-0.15, -0.1) is 0 Å². The standard InChI is InChI=1S/C11H17N3O3/c1-4-17-11(15)8-6-13-9(14-10(8)12)5-7(2)16-3/h6-7H,4-5H2,1-3H3,(H2,12,13,14). The summed E-state index contributed by atoms with van der Waals surface area (Å²) in [6.07, 6.45) is 1.94. The number of carbonyl (C=O) groups excluding carboxylic acids is 1. The number of nitrogens with zero attached hydrogens (tertiary/aromatic N) is 2. The molecule has 1 rings (SSSR count). The first-order valence-electron chi connectivity index (χ1n) is 5.39. The number of anilines is 1. The summed E-state index contributed by atoms with van der Waals surface area (Å²) in [5.41, 5.74) is 5.87. The molecule has 6 heteroatoms. The zero-order valence-corrected chi connectivity index (χ0v) is 10.3. The lowest BCUT2D eigenvalue weighted by Crippen LogP contribution is -2.15. The van der Waals surface area contributed by atoms with Gasteiger partial charge >= 0.3 is 5.97 Å². The largest absolute Gasteiger partial charge is 0.462 e. The average molecular weight is 239 g/mol. The number of ether oxygens (including phenoxy) is 2. The van der Waals surface area contributed by atoms with E-state index in [-0.39, 0.29) is 17.5 Å². The van der Waals surface area contributed by atoms with Crippen LogP contribution in [0.25, 0.3) is 0 Å². The summed E-state index contributed by atoms with van der Waals surface area (Å²) in [6, 6.07) is 0. The van der Waals surface area contributed by atoms with Crippen LogP contribution in [-0.2, 0) is 15.9 Å². The summed E-state index contributed by atoms with van der Waals surface area (Å²) in [5.74, 6) is 0.179. The van der Waals surface area contributed by atoms with Crippen LogP contribution < -0.4 is 5.73 Å². The van der Waals surface area contributed by atoms with Crippen molar-refractivity contribution in [2.24, 2.45) is 0 Å². The highest BCUT2D eigenvalue weighted by molar-refractivity contribution is 5.93. The van der Waals surface area contributed by atoms with Gasteiger partial charge in [0.25, 0.3) is 0 Å². The van der Waals surface area contributed by atoms with E-state index in [1.165, 1.54) is 6.20 Å². The molecule has 0 aliphatic heterocycles. The van der Waals surface area contributed by atoms with E-state index in [0.717, 1.165) is 0 Å². The van der Waals surface area contributed by atoms with Gasteiger partial charge in [0.1, 0.15) is 17.2 Å². The fourth-order valence-electron chi connectivity index (χ4n) is 1.24. The minimum atomic E-state index is -0.503. The smallest absolute Gasteiger partial charge is 0.343 e. The van der Waals surface area contributed by atoms with Crippen molar-refractivity contribution in [2.75, 3.05) is 19.5 Å². The number of methoxy groups -OCH3 is 1. The van der Waals surface area contributed by atoms with Gasteiger partial charge < -0.3 is 15.2 Å². The Balaban J connectivity index is 2.82. The number of aromatic nitrogens is 2. The third-order valence-corrected chi connectivity index (χ3v) is 2.24. The maximum Gasteiger partial charge on any atom is 0.343 e. The van der Waals surface area contributed by atoms with E-state index >= 15 is 0 Å². The second-order valence-electron chi connectivity index (χ2n) is 3.56. The number of rotatable bonds is 5. The zero-order valence-electron chi connectivity index (χ0n) is 10.3. The van der Waals surface area contributed by atoms with Crippen molar-refractivity contribution < 1.29 is 14.3 Å². The van der Waals surface area contributed by atoms with Crippen LogP contribution in [0.1, 0.15) is 30.0 Å². The van der Waals surface area contributed by atoms with Gasteiger partial charge in [-0.25, -0.2) is 14.8 Å². The van der Waals surface area contributed by atoms with Crippen LogP contribution in [0, 0.1) is 0 Å². The van der Waals surface area contributed by atoms with Gasteiger partial charge in [0.05, 0.1) is 12.7 Å². The summed E-state index contributed by atoms with van der Waals surface area (Å²) >= 11 is 0. The topological polar surface area (TPSA) is 87.3 Å². The van der Waals surface area contributed by atoms with Gasteiger partial charge in [0.2, 0.25) is 0 Å². The molecule has 1 atom stereocenters. The van der Waals surface area contributed by atoms with Crippen LogP contribution >= 0.6 is 0 Å². The Hall–Kier alpha value is -1.69. The minimum absolute atomic E-state index is 0.00263. The Labute approximate surface area is 100 Å². The first-order valence-corrected chi connectivity index (χ1v) is 5.39. The lowest BCUT2D eigenvalue weighted by molar-refractivity contribution is 0.0526. The normalized spacial score (nSPS) is 12.2. The van der Waals surface area contributed by atoms with Crippen LogP contribution in [0.4, 0.5) is 5.82 Å². The Morgan fingerprint density at radius 3 is 2.82 bits per heavy atom. The molecule has 0 saturated carbocycles. The molecule has 2 N–H and O–H groups in total. The molecule has 17 heavy (non-hydrogen) atoms. The number of esters is 1. The van der Waals surface area contributed by atoms with Crippen molar-refractivity contribution in [1.82, 2.24) is 9.97 Å². The number of carbonyl (C=O) groups is 1. The van der Waals surface area contributed by atoms with E-state index in [1.54, 1.807) is 14.0 Å². The highest BCUT2D eigenvalue weighted by atomic mass is 16.5. The molecule has 0 aliphatic carbocycles. The summed E-state index contributed by atoms with van der Waals surface area (Å²) in [6.45, 7) is 3.92. The fraction of sp³-hybridized carbons (Fsp3) is 0.545. The van der Waals surface area contributed by atoms with E-state index < -0.39 is 5.97 Å². The predicted octanol–water partition coefficient (Wildman–Crippen LogP) is 0.813. The maximum absolute atomic E-state index is 11.4. The number of nitrogen functional groups attached to an aromatic ring is 1. The molecule has 0 radical (unpaired) electrons. The molecule has 0 amide bonds. The van der Waals surface area contributed by atoms with Crippen molar-refractivity contribution >= 4 is 11.8 Å². The monoisotopic (exact) mass is 239 g/mol. The summed E-state index contributed by atoms with van der Waals surface area (Å²) in [7, 11) is 1.61. The molecule has 1 aromatic rings. The van der Waals surface area contributed by atoms with Gasteiger partial charge in [-0.1, -0.05) is 0 Å². The number of hydrogen-bond donors (Lipinski definition) is 1. The molecule has 1 heterocycles. The Morgan fingerprint density at radius 1 is 1.59 bits per heavy atom. The molecule has 94 valence electrons. The van der Waals surface area contributed by atoms with E-state index in [4.69, 9.17) is 15.2 Å². The number of hydrogen-bond acceptors (Lipinski definition) is 6. The van der Waals surface area contributed by atoms with Crippen molar-refractivity contribution in [3.63, 3.8) is 0 Å². The lowest BCUT2D eigenvalue weighted by atomic mass is 10.2. The summed E-state index contributed by atoms with van der Waals surface area (Å²) < 4.78 is 9.93. The molecule has 0 aliphatic rings. The van der Waals surface area contributed by atoms with Crippen LogP contribution in [0.5, 0.6) is 0 Å². The molecule has 1 aromatic heterocycles.